The fraction of sp³-hybridized carbons (Fsp3) is 0.500. The van der Waals surface area contributed by atoms with Crippen molar-refractivity contribution in [2.24, 2.45) is 0 Å². The fourth-order valence-electron chi connectivity index (χ4n) is 2.65. The van der Waals surface area contributed by atoms with E-state index >= 15 is 0 Å². The molecule has 1 fully saturated rings. The van der Waals surface area contributed by atoms with Gasteiger partial charge in [0.1, 0.15) is 11.6 Å². The monoisotopic (exact) mass is 340 g/mol. The molecule has 1 saturated heterocycles. The van der Waals surface area contributed by atoms with Crippen LogP contribution in [0.2, 0.25) is 0 Å². The summed E-state index contributed by atoms with van der Waals surface area (Å²) >= 11 is 0. The van der Waals surface area contributed by atoms with E-state index < -0.39 is 11.7 Å². The smallest absolute Gasteiger partial charge is 0.417 e. The number of aromatic nitrogens is 2. The zero-order valence-corrected chi connectivity index (χ0v) is 13.4. The maximum absolute atomic E-state index is 12.6. The molecule has 2 aromatic heterocycles. The van der Waals surface area contributed by atoms with Gasteiger partial charge in [0.15, 0.2) is 0 Å². The van der Waals surface area contributed by atoms with Crippen molar-refractivity contribution in [3.63, 3.8) is 0 Å². The summed E-state index contributed by atoms with van der Waals surface area (Å²) in [5, 5.41) is 0. The third kappa shape index (κ3) is 3.87. The lowest BCUT2D eigenvalue weighted by Gasteiger charge is -2.34. The van der Waals surface area contributed by atoms with Gasteiger partial charge in [-0.25, -0.2) is 9.97 Å². The Kier molecular flexibility index (Phi) is 4.75. The molecule has 3 rings (SSSR count). The molecule has 1 aliphatic rings. The molecule has 0 saturated carbocycles. The number of anilines is 1. The van der Waals surface area contributed by atoms with E-state index in [1.165, 1.54) is 6.07 Å². The van der Waals surface area contributed by atoms with Crippen LogP contribution >= 0.6 is 0 Å². The van der Waals surface area contributed by atoms with Crippen LogP contribution in [0.4, 0.5) is 19.0 Å². The summed E-state index contributed by atoms with van der Waals surface area (Å²) < 4.78 is 43.3. The summed E-state index contributed by atoms with van der Waals surface area (Å²) in [4.78, 5) is 12.4. The first-order valence-electron chi connectivity index (χ1n) is 7.90. The van der Waals surface area contributed by atoms with E-state index in [1.54, 1.807) is 6.20 Å². The minimum atomic E-state index is -4.35. The Balaban J connectivity index is 1.54. The lowest BCUT2D eigenvalue weighted by molar-refractivity contribution is -0.137. The molecule has 24 heavy (non-hydrogen) atoms. The molecule has 0 unspecified atom stereocenters. The van der Waals surface area contributed by atoms with Gasteiger partial charge in [-0.15, -0.1) is 0 Å². The molecule has 0 aliphatic carbocycles. The number of nitrogens with zero attached hydrogens (tertiary/aromatic N) is 4. The number of rotatable bonds is 4. The quantitative estimate of drug-likeness (QED) is 0.856. The third-order valence-corrected chi connectivity index (χ3v) is 4.08. The van der Waals surface area contributed by atoms with Crippen LogP contribution in [-0.2, 0) is 19.1 Å². The normalized spacial score (nSPS) is 16.6. The van der Waals surface area contributed by atoms with Gasteiger partial charge in [0.25, 0.3) is 0 Å². The van der Waals surface area contributed by atoms with Crippen LogP contribution in [0, 0.1) is 0 Å². The fourth-order valence-corrected chi connectivity index (χ4v) is 2.65. The van der Waals surface area contributed by atoms with Crippen molar-refractivity contribution < 1.29 is 17.6 Å². The molecule has 0 spiro atoms. The highest BCUT2D eigenvalue weighted by Gasteiger charge is 2.31. The Morgan fingerprint density at radius 3 is 2.38 bits per heavy atom. The summed E-state index contributed by atoms with van der Waals surface area (Å²) in [6, 6.07) is 2.51. The molecule has 5 nitrogen and oxygen atoms in total. The molecule has 0 bridgehead atoms. The van der Waals surface area contributed by atoms with E-state index in [-0.39, 0.29) is 0 Å². The molecule has 2 aromatic rings. The average Bonchev–Trinajstić information content (AvgIpc) is 3.02. The van der Waals surface area contributed by atoms with E-state index in [2.05, 4.69) is 14.9 Å². The van der Waals surface area contributed by atoms with Crippen LogP contribution in [0.25, 0.3) is 0 Å². The van der Waals surface area contributed by atoms with Gasteiger partial charge in [-0.1, -0.05) is 6.92 Å². The number of hydrogen-bond donors (Lipinski definition) is 0. The minimum Gasteiger partial charge on any atom is -0.444 e. The summed E-state index contributed by atoms with van der Waals surface area (Å²) in [5.74, 6) is 2.15. The number of aryl methyl sites for hydroxylation is 1. The third-order valence-electron chi connectivity index (χ3n) is 4.08. The number of alkyl halides is 3. The second-order valence-electron chi connectivity index (χ2n) is 5.74. The van der Waals surface area contributed by atoms with Crippen molar-refractivity contribution in [2.45, 2.75) is 26.1 Å². The predicted octanol–water partition coefficient (Wildman–Crippen LogP) is 2.97. The van der Waals surface area contributed by atoms with E-state index in [1.807, 2.05) is 11.8 Å². The van der Waals surface area contributed by atoms with Crippen LogP contribution in [0.15, 0.2) is 28.9 Å². The van der Waals surface area contributed by atoms with Crippen molar-refractivity contribution in [1.82, 2.24) is 14.9 Å². The molecule has 130 valence electrons. The summed E-state index contributed by atoms with van der Waals surface area (Å²) in [7, 11) is 0. The Labute approximate surface area is 138 Å². The van der Waals surface area contributed by atoms with Crippen molar-refractivity contribution in [1.29, 1.82) is 0 Å². The van der Waals surface area contributed by atoms with Gasteiger partial charge in [-0.3, -0.25) is 4.90 Å². The average molecular weight is 340 g/mol. The van der Waals surface area contributed by atoms with Gasteiger partial charge >= 0.3 is 6.18 Å². The molecule has 3 heterocycles. The van der Waals surface area contributed by atoms with Gasteiger partial charge < -0.3 is 9.32 Å². The number of hydrogen-bond acceptors (Lipinski definition) is 5. The lowest BCUT2D eigenvalue weighted by Crippen LogP contribution is -2.46. The topological polar surface area (TPSA) is 45.4 Å². The Morgan fingerprint density at radius 2 is 1.83 bits per heavy atom. The number of halogens is 3. The molecular formula is C16H19F3N4O. The molecule has 8 heteroatoms. The van der Waals surface area contributed by atoms with Gasteiger partial charge in [0.2, 0.25) is 5.89 Å². The van der Waals surface area contributed by atoms with E-state index in [9.17, 15) is 13.2 Å². The predicted molar refractivity (Wildman–Crippen MR) is 82.6 cm³/mol. The van der Waals surface area contributed by atoms with Crippen molar-refractivity contribution >= 4 is 5.82 Å². The van der Waals surface area contributed by atoms with Gasteiger partial charge in [-0.05, 0) is 12.1 Å². The van der Waals surface area contributed by atoms with E-state index in [4.69, 9.17) is 4.42 Å². The highest BCUT2D eigenvalue weighted by molar-refractivity contribution is 5.40. The molecular weight excluding hydrogens is 321 g/mol. The van der Waals surface area contributed by atoms with Crippen LogP contribution in [0.5, 0.6) is 0 Å². The molecule has 1 aliphatic heterocycles. The summed E-state index contributed by atoms with van der Waals surface area (Å²) in [5.41, 5.74) is -0.722. The first kappa shape index (κ1) is 16.8. The largest absolute Gasteiger partial charge is 0.444 e. The highest BCUT2D eigenvalue weighted by Crippen LogP contribution is 2.29. The Morgan fingerprint density at radius 1 is 1.08 bits per heavy atom. The van der Waals surface area contributed by atoms with E-state index in [0.717, 1.165) is 37.5 Å². The lowest BCUT2D eigenvalue weighted by atomic mass is 10.2. The zero-order valence-electron chi connectivity index (χ0n) is 13.4. The van der Waals surface area contributed by atoms with Crippen LogP contribution in [-0.4, -0.2) is 41.0 Å². The zero-order chi connectivity index (χ0) is 17.2. The Hall–Kier alpha value is -2.09. The highest BCUT2D eigenvalue weighted by atomic mass is 19.4. The first-order chi connectivity index (χ1) is 11.5. The first-order valence-corrected chi connectivity index (χ1v) is 7.90. The van der Waals surface area contributed by atoms with Crippen molar-refractivity contribution in [3.05, 3.63) is 41.7 Å². The van der Waals surface area contributed by atoms with Gasteiger partial charge in [0.05, 0.1) is 18.3 Å². The summed E-state index contributed by atoms with van der Waals surface area (Å²) in [6.45, 7) is 5.65. The van der Waals surface area contributed by atoms with Crippen LogP contribution in [0.1, 0.15) is 24.1 Å². The second-order valence-corrected chi connectivity index (χ2v) is 5.74. The molecule has 0 aromatic carbocycles. The SMILES string of the molecule is CCc1cnc(CN2CCN(c3ccc(C(F)(F)F)cn3)CC2)o1. The van der Waals surface area contributed by atoms with Crippen molar-refractivity contribution in [3.8, 4) is 0 Å². The molecule has 0 N–H and O–H groups in total. The minimum absolute atomic E-state index is 0.576. The molecule has 0 atom stereocenters. The molecule has 0 amide bonds. The number of piperazine rings is 1. The van der Waals surface area contributed by atoms with Gasteiger partial charge in [-0.2, -0.15) is 13.2 Å². The van der Waals surface area contributed by atoms with E-state index in [0.29, 0.717) is 31.3 Å². The summed E-state index contributed by atoms with van der Waals surface area (Å²) in [6.07, 6.45) is -0.892. The van der Waals surface area contributed by atoms with Crippen molar-refractivity contribution in [2.75, 3.05) is 31.1 Å². The standard InChI is InChI=1S/C16H19F3N4O/c1-2-13-10-21-15(24-13)11-22-5-7-23(8-6-22)14-4-3-12(9-20-14)16(17,18)19/h3-4,9-10H,2,5-8,11H2,1H3. The Bertz CT molecular complexity index is 661. The molecule has 0 radical (unpaired) electrons. The maximum Gasteiger partial charge on any atom is 0.417 e. The number of oxazole rings is 1. The number of pyridine rings is 1. The van der Waals surface area contributed by atoms with Gasteiger partial charge in [0, 0.05) is 38.8 Å². The second kappa shape index (κ2) is 6.80. The van der Waals surface area contributed by atoms with Crippen LogP contribution < -0.4 is 4.90 Å². The maximum atomic E-state index is 12.6. The van der Waals surface area contributed by atoms with Crippen LogP contribution in [0.3, 0.4) is 0 Å².